The summed E-state index contributed by atoms with van der Waals surface area (Å²) in [5, 5.41) is 14.6. The first-order valence-electron chi connectivity index (χ1n) is 7.50. The predicted octanol–water partition coefficient (Wildman–Crippen LogP) is 2.62. The molecule has 2 amide bonds. The van der Waals surface area contributed by atoms with Crippen LogP contribution in [0.25, 0.3) is 0 Å². The first-order valence-corrected chi connectivity index (χ1v) is 7.50. The lowest BCUT2D eigenvalue weighted by molar-refractivity contribution is -0.136. The van der Waals surface area contributed by atoms with Gasteiger partial charge < -0.3 is 15.7 Å². The number of hydrogen-bond donors (Lipinski definition) is 3. The summed E-state index contributed by atoms with van der Waals surface area (Å²) in [6.45, 7) is 0. The van der Waals surface area contributed by atoms with Gasteiger partial charge >= 0.3 is 12.0 Å². The van der Waals surface area contributed by atoms with Crippen LogP contribution in [0, 0.1) is 11.8 Å². The fourth-order valence-corrected chi connectivity index (χ4v) is 2.73. The lowest BCUT2D eigenvalue weighted by Crippen LogP contribution is -2.40. The van der Waals surface area contributed by atoms with E-state index in [1.54, 1.807) is 24.3 Å². The minimum Gasteiger partial charge on any atom is -0.481 e. The maximum atomic E-state index is 12.0. The third kappa shape index (κ3) is 3.97. The number of anilines is 1. The summed E-state index contributed by atoms with van der Waals surface area (Å²) < 4.78 is 0. The standard InChI is InChI=1S/C16H20N2O3/c19-14(20)9-10-1-7-13(8-2-10)17-16(21)18-15(11-3-4-11)12-5-6-12/h1-2,7-8,11-12,15H,3-6,9H2,(H,19,20)(H2,17,18,21). The van der Waals surface area contributed by atoms with Crippen molar-refractivity contribution in [3.05, 3.63) is 29.8 Å². The maximum Gasteiger partial charge on any atom is 0.319 e. The summed E-state index contributed by atoms with van der Waals surface area (Å²) >= 11 is 0. The van der Waals surface area contributed by atoms with Gasteiger partial charge in [-0.3, -0.25) is 4.79 Å². The molecule has 0 unspecified atom stereocenters. The van der Waals surface area contributed by atoms with Crippen LogP contribution in [-0.4, -0.2) is 23.1 Å². The van der Waals surface area contributed by atoms with Crippen LogP contribution in [-0.2, 0) is 11.2 Å². The fourth-order valence-electron chi connectivity index (χ4n) is 2.73. The molecule has 0 aromatic heterocycles. The molecule has 2 aliphatic rings. The second-order valence-corrected chi connectivity index (χ2v) is 6.07. The summed E-state index contributed by atoms with van der Waals surface area (Å²) in [5.41, 5.74) is 1.41. The first kappa shape index (κ1) is 13.9. The van der Waals surface area contributed by atoms with Gasteiger partial charge in [0.15, 0.2) is 0 Å². The summed E-state index contributed by atoms with van der Waals surface area (Å²) in [6, 6.07) is 7.09. The van der Waals surface area contributed by atoms with E-state index in [0.29, 0.717) is 23.6 Å². The number of amides is 2. The molecule has 1 aromatic rings. The van der Waals surface area contributed by atoms with Crippen LogP contribution in [0.1, 0.15) is 31.2 Å². The number of benzene rings is 1. The lowest BCUT2D eigenvalue weighted by Gasteiger charge is -2.18. The Labute approximate surface area is 123 Å². The van der Waals surface area contributed by atoms with Crippen LogP contribution in [0.15, 0.2) is 24.3 Å². The van der Waals surface area contributed by atoms with Crippen LogP contribution >= 0.6 is 0 Å². The fraction of sp³-hybridized carbons (Fsp3) is 0.500. The lowest BCUT2D eigenvalue weighted by atomic mass is 10.1. The average molecular weight is 288 g/mol. The molecule has 0 bridgehead atoms. The molecule has 5 heteroatoms. The summed E-state index contributed by atoms with van der Waals surface area (Å²) in [7, 11) is 0. The molecule has 0 heterocycles. The Morgan fingerprint density at radius 3 is 2.14 bits per heavy atom. The van der Waals surface area contributed by atoms with E-state index in [2.05, 4.69) is 10.6 Å². The smallest absolute Gasteiger partial charge is 0.319 e. The van der Waals surface area contributed by atoms with Crippen LogP contribution < -0.4 is 10.6 Å². The van der Waals surface area contributed by atoms with Crippen molar-refractivity contribution < 1.29 is 14.7 Å². The largest absolute Gasteiger partial charge is 0.481 e. The maximum absolute atomic E-state index is 12.0. The number of hydrogen-bond acceptors (Lipinski definition) is 2. The highest BCUT2D eigenvalue weighted by atomic mass is 16.4. The van der Waals surface area contributed by atoms with Crippen LogP contribution in [0.2, 0.25) is 0 Å². The molecule has 2 aliphatic carbocycles. The van der Waals surface area contributed by atoms with Gasteiger partial charge in [-0.05, 0) is 55.2 Å². The molecule has 0 saturated heterocycles. The number of carboxylic acid groups (broad SMARTS) is 1. The van der Waals surface area contributed by atoms with E-state index in [1.165, 1.54) is 25.7 Å². The summed E-state index contributed by atoms with van der Waals surface area (Å²) in [4.78, 5) is 22.6. The Bertz CT molecular complexity index is 521. The highest BCUT2D eigenvalue weighted by Crippen LogP contribution is 2.44. The average Bonchev–Trinajstić information content (AvgIpc) is 3.30. The summed E-state index contributed by atoms with van der Waals surface area (Å²) in [5.74, 6) is 0.479. The van der Waals surface area contributed by atoms with Gasteiger partial charge in [0.05, 0.1) is 6.42 Å². The highest BCUT2D eigenvalue weighted by molar-refractivity contribution is 5.89. The second-order valence-electron chi connectivity index (χ2n) is 6.07. The van der Waals surface area contributed by atoms with Crippen molar-refractivity contribution in [3.8, 4) is 0 Å². The topological polar surface area (TPSA) is 78.4 Å². The van der Waals surface area contributed by atoms with Crippen molar-refractivity contribution in [2.75, 3.05) is 5.32 Å². The van der Waals surface area contributed by atoms with Gasteiger partial charge in [0, 0.05) is 11.7 Å². The minimum atomic E-state index is -0.856. The number of carbonyl (C=O) groups is 2. The number of carboxylic acids is 1. The molecule has 2 fully saturated rings. The number of nitrogens with one attached hydrogen (secondary N) is 2. The Morgan fingerprint density at radius 2 is 1.67 bits per heavy atom. The molecule has 5 nitrogen and oxygen atoms in total. The molecular weight excluding hydrogens is 268 g/mol. The predicted molar refractivity (Wildman–Crippen MR) is 79.2 cm³/mol. The normalized spacial score (nSPS) is 17.6. The molecule has 0 atom stereocenters. The van der Waals surface area contributed by atoms with Gasteiger partial charge in [0.2, 0.25) is 0 Å². The molecule has 21 heavy (non-hydrogen) atoms. The Balaban J connectivity index is 1.52. The van der Waals surface area contributed by atoms with Gasteiger partial charge in [-0.2, -0.15) is 0 Å². The van der Waals surface area contributed by atoms with Gasteiger partial charge in [0.25, 0.3) is 0 Å². The Morgan fingerprint density at radius 1 is 1.10 bits per heavy atom. The van der Waals surface area contributed by atoms with E-state index in [4.69, 9.17) is 5.11 Å². The van der Waals surface area contributed by atoms with Crippen LogP contribution in [0.3, 0.4) is 0 Å². The van der Waals surface area contributed by atoms with Gasteiger partial charge in [-0.1, -0.05) is 12.1 Å². The van der Waals surface area contributed by atoms with Crippen molar-refractivity contribution in [2.45, 2.75) is 38.1 Å². The zero-order valence-electron chi connectivity index (χ0n) is 11.8. The Hall–Kier alpha value is -2.04. The van der Waals surface area contributed by atoms with Gasteiger partial charge in [-0.15, -0.1) is 0 Å². The third-order valence-electron chi connectivity index (χ3n) is 4.12. The molecule has 0 aliphatic heterocycles. The van der Waals surface area contributed by atoms with E-state index in [0.717, 1.165) is 5.56 Å². The molecule has 0 radical (unpaired) electrons. The van der Waals surface area contributed by atoms with Crippen LogP contribution in [0.4, 0.5) is 10.5 Å². The van der Waals surface area contributed by atoms with E-state index in [1.807, 2.05) is 0 Å². The SMILES string of the molecule is O=C(O)Cc1ccc(NC(=O)NC(C2CC2)C2CC2)cc1. The molecule has 112 valence electrons. The Kier molecular flexibility index (Phi) is 3.82. The molecule has 3 N–H and O–H groups in total. The van der Waals surface area contributed by atoms with Crippen molar-refractivity contribution in [1.82, 2.24) is 5.32 Å². The van der Waals surface area contributed by atoms with Crippen LogP contribution in [0.5, 0.6) is 0 Å². The van der Waals surface area contributed by atoms with Crippen molar-refractivity contribution in [2.24, 2.45) is 11.8 Å². The summed E-state index contributed by atoms with van der Waals surface area (Å²) in [6.07, 6.45) is 4.91. The van der Waals surface area contributed by atoms with Gasteiger partial charge in [-0.25, -0.2) is 4.79 Å². The first-order chi connectivity index (χ1) is 10.1. The van der Waals surface area contributed by atoms with Crippen molar-refractivity contribution >= 4 is 17.7 Å². The highest BCUT2D eigenvalue weighted by Gasteiger charge is 2.42. The number of urea groups is 1. The van der Waals surface area contributed by atoms with E-state index in [9.17, 15) is 9.59 Å². The monoisotopic (exact) mass is 288 g/mol. The molecule has 0 spiro atoms. The molecule has 1 aromatic carbocycles. The van der Waals surface area contributed by atoms with E-state index < -0.39 is 5.97 Å². The zero-order chi connectivity index (χ0) is 14.8. The van der Waals surface area contributed by atoms with Crippen molar-refractivity contribution in [1.29, 1.82) is 0 Å². The van der Waals surface area contributed by atoms with Gasteiger partial charge in [0.1, 0.15) is 0 Å². The minimum absolute atomic E-state index is 0.00207. The van der Waals surface area contributed by atoms with E-state index >= 15 is 0 Å². The molecule has 3 rings (SSSR count). The molecular formula is C16H20N2O3. The quantitative estimate of drug-likeness (QED) is 0.753. The van der Waals surface area contributed by atoms with Crippen molar-refractivity contribution in [3.63, 3.8) is 0 Å². The number of rotatable bonds is 6. The van der Waals surface area contributed by atoms with E-state index in [-0.39, 0.29) is 12.5 Å². The second kappa shape index (κ2) is 5.76. The number of aliphatic carboxylic acids is 1. The number of carbonyl (C=O) groups excluding carboxylic acids is 1. The molecule has 2 saturated carbocycles. The zero-order valence-corrected chi connectivity index (χ0v) is 11.8. The third-order valence-corrected chi connectivity index (χ3v) is 4.12.